The van der Waals surface area contributed by atoms with E-state index in [2.05, 4.69) is 5.32 Å². The molecule has 0 unspecified atom stereocenters. The van der Waals surface area contributed by atoms with Crippen molar-refractivity contribution in [3.63, 3.8) is 0 Å². The van der Waals surface area contributed by atoms with Crippen LogP contribution in [0.15, 0.2) is 95.8 Å². The van der Waals surface area contributed by atoms with Crippen LogP contribution in [0.2, 0.25) is 0 Å². The number of carbonyl (C=O) groups is 1. The van der Waals surface area contributed by atoms with Crippen LogP contribution in [0.5, 0.6) is 11.5 Å². The van der Waals surface area contributed by atoms with Gasteiger partial charge in [0.25, 0.3) is 5.69 Å². The average molecular weight is 479 g/mol. The van der Waals surface area contributed by atoms with E-state index >= 15 is 0 Å². The zero-order chi connectivity index (χ0) is 25.2. The van der Waals surface area contributed by atoms with Crippen LogP contribution in [0.1, 0.15) is 5.56 Å². The number of aromatic nitrogens is 1. The van der Waals surface area contributed by atoms with E-state index in [0.29, 0.717) is 27.6 Å². The number of carbonyl (C=O) groups excluding carboxylic acids is 1. The van der Waals surface area contributed by atoms with Gasteiger partial charge in [-0.1, -0.05) is 42.0 Å². The Morgan fingerprint density at radius 1 is 0.889 bits per heavy atom. The van der Waals surface area contributed by atoms with Crippen molar-refractivity contribution in [1.82, 2.24) is 4.57 Å². The Morgan fingerprint density at radius 3 is 2.39 bits per heavy atom. The van der Waals surface area contributed by atoms with E-state index in [1.165, 1.54) is 18.2 Å². The van der Waals surface area contributed by atoms with Gasteiger partial charge in [-0.15, -0.1) is 0 Å². The molecule has 0 radical (unpaired) electrons. The third-order valence-electron chi connectivity index (χ3n) is 5.79. The van der Waals surface area contributed by atoms with Gasteiger partial charge in [0, 0.05) is 22.9 Å². The Bertz CT molecular complexity index is 1690. The zero-order valence-electron chi connectivity index (χ0n) is 19.3. The second-order valence-corrected chi connectivity index (χ2v) is 8.39. The Hall–Kier alpha value is -4.98. The molecule has 8 heteroatoms. The van der Waals surface area contributed by atoms with E-state index in [-0.39, 0.29) is 29.1 Å². The van der Waals surface area contributed by atoms with Gasteiger partial charge in [-0.05, 0) is 43.3 Å². The Balaban J connectivity index is 1.51. The van der Waals surface area contributed by atoms with Crippen LogP contribution >= 0.6 is 0 Å². The van der Waals surface area contributed by atoms with Crippen molar-refractivity contribution in [2.45, 2.75) is 13.5 Å². The Labute approximate surface area is 205 Å². The molecule has 0 fully saturated rings. The first-order valence-corrected chi connectivity index (χ1v) is 11.2. The first-order chi connectivity index (χ1) is 17.4. The second-order valence-electron chi connectivity index (χ2n) is 8.39. The fourth-order valence-corrected chi connectivity index (χ4v) is 4.20. The zero-order valence-corrected chi connectivity index (χ0v) is 19.3. The predicted molar refractivity (Wildman–Crippen MR) is 139 cm³/mol. The Morgan fingerprint density at radius 2 is 1.61 bits per heavy atom. The number of nitrogens with one attached hydrogen (secondary N) is 1. The van der Waals surface area contributed by atoms with Gasteiger partial charge in [-0.2, -0.15) is 0 Å². The molecule has 1 heterocycles. The molecule has 1 N–H and O–H groups in total. The maximum Gasteiger partial charge on any atom is 0.275 e. The number of ether oxygens (including phenoxy) is 1. The molecule has 1 aromatic heterocycles. The molecule has 0 aliphatic rings. The standard InChI is InChI=1S/C28H21N3O5/c1-18-11-12-26-24(13-18)28(33)23-9-5-6-10-25(23)30(26)17-27(32)29-19-14-20(31(34)35)16-22(15-19)36-21-7-3-2-4-8-21/h2-16H,17H2,1H3,(H,29,32). The van der Waals surface area contributed by atoms with Crippen LogP contribution in [0.4, 0.5) is 11.4 Å². The number of non-ortho nitro benzene ring substituents is 1. The quantitative estimate of drug-likeness (QED) is 0.188. The monoisotopic (exact) mass is 479 g/mol. The van der Waals surface area contributed by atoms with Gasteiger partial charge in [-0.3, -0.25) is 19.7 Å². The van der Waals surface area contributed by atoms with E-state index in [0.717, 1.165) is 5.56 Å². The molecular formula is C28H21N3O5. The number of benzene rings is 4. The minimum atomic E-state index is -0.543. The highest BCUT2D eigenvalue weighted by atomic mass is 16.6. The molecule has 0 aliphatic heterocycles. The molecule has 0 saturated heterocycles. The fraction of sp³-hybridized carbons (Fsp3) is 0.0714. The molecule has 178 valence electrons. The predicted octanol–water partition coefficient (Wildman–Crippen LogP) is 5.80. The lowest BCUT2D eigenvalue weighted by Gasteiger charge is -2.16. The van der Waals surface area contributed by atoms with Crippen LogP contribution < -0.4 is 15.5 Å². The van der Waals surface area contributed by atoms with Gasteiger partial charge in [0.05, 0.1) is 27.7 Å². The summed E-state index contributed by atoms with van der Waals surface area (Å²) in [6.45, 7) is 1.81. The normalized spacial score (nSPS) is 10.9. The van der Waals surface area contributed by atoms with E-state index in [9.17, 15) is 19.7 Å². The Kier molecular flexibility index (Phi) is 5.92. The number of rotatable bonds is 6. The van der Waals surface area contributed by atoms with Crippen molar-refractivity contribution >= 4 is 39.1 Å². The van der Waals surface area contributed by atoms with Gasteiger partial charge in [-0.25, -0.2) is 0 Å². The van der Waals surface area contributed by atoms with Crippen molar-refractivity contribution in [3.05, 3.63) is 117 Å². The number of nitrogens with zero attached hydrogens (tertiary/aromatic N) is 2. The van der Waals surface area contributed by atoms with Gasteiger partial charge in [0.2, 0.25) is 5.91 Å². The summed E-state index contributed by atoms with van der Waals surface area (Å²) in [6, 6.07) is 25.6. The molecule has 0 spiro atoms. The lowest BCUT2D eigenvalue weighted by molar-refractivity contribution is -0.384. The maximum absolute atomic E-state index is 13.2. The van der Waals surface area contributed by atoms with Gasteiger partial charge in [0.1, 0.15) is 18.0 Å². The highest BCUT2D eigenvalue weighted by Crippen LogP contribution is 2.30. The van der Waals surface area contributed by atoms with E-state index in [4.69, 9.17) is 4.74 Å². The van der Waals surface area contributed by atoms with Gasteiger partial charge >= 0.3 is 0 Å². The summed E-state index contributed by atoms with van der Waals surface area (Å²) in [4.78, 5) is 37.2. The summed E-state index contributed by atoms with van der Waals surface area (Å²) < 4.78 is 7.53. The first kappa shape index (κ1) is 22.8. The number of amides is 1. The van der Waals surface area contributed by atoms with E-state index in [1.54, 1.807) is 47.0 Å². The highest BCUT2D eigenvalue weighted by Gasteiger charge is 2.16. The number of anilines is 1. The summed E-state index contributed by atoms with van der Waals surface area (Å²) in [7, 11) is 0. The average Bonchev–Trinajstić information content (AvgIpc) is 2.87. The minimum Gasteiger partial charge on any atom is -0.457 e. The van der Waals surface area contributed by atoms with Gasteiger partial charge < -0.3 is 14.6 Å². The summed E-state index contributed by atoms with van der Waals surface area (Å²) in [5.74, 6) is 0.328. The molecule has 1 amide bonds. The van der Waals surface area contributed by atoms with Crippen LogP contribution in [-0.4, -0.2) is 15.4 Å². The van der Waals surface area contributed by atoms with Crippen LogP contribution in [0, 0.1) is 17.0 Å². The molecule has 8 nitrogen and oxygen atoms in total. The number of hydrogen-bond acceptors (Lipinski definition) is 5. The first-order valence-electron chi connectivity index (χ1n) is 11.2. The van der Waals surface area contributed by atoms with E-state index in [1.807, 2.05) is 37.3 Å². The lowest BCUT2D eigenvalue weighted by atomic mass is 10.1. The van der Waals surface area contributed by atoms with Gasteiger partial charge in [0.15, 0.2) is 5.43 Å². The topological polar surface area (TPSA) is 103 Å². The summed E-state index contributed by atoms with van der Waals surface area (Å²) >= 11 is 0. The SMILES string of the molecule is Cc1ccc2c(c1)c(=O)c1ccccc1n2CC(=O)Nc1cc(Oc2ccccc2)cc([N+](=O)[O-])c1. The number of aryl methyl sites for hydroxylation is 1. The van der Waals surface area contributed by atoms with Crippen LogP contribution in [0.3, 0.4) is 0 Å². The molecule has 5 rings (SSSR count). The number of para-hydroxylation sites is 2. The van der Waals surface area contributed by atoms with Crippen LogP contribution in [0.25, 0.3) is 21.8 Å². The number of pyridine rings is 1. The van der Waals surface area contributed by atoms with Crippen molar-refractivity contribution < 1.29 is 14.5 Å². The summed E-state index contributed by atoms with van der Waals surface area (Å²) in [6.07, 6.45) is 0. The number of nitro groups is 1. The van der Waals surface area contributed by atoms with Crippen molar-refractivity contribution in [3.8, 4) is 11.5 Å². The molecule has 36 heavy (non-hydrogen) atoms. The third-order valence-corrected chi connectivity index (χ3v) is 5.79. The van der Waals surface area contributed by atoms with Crippen molar-refractivity contribution in [2.24, 2.45) is 0 Å². The molecule has 4 aromatic carbocycles. The van der Waals surface area contributed by atoms with Crippen LogP contribution in [-0.2, 0) is 11.3 Å². The van der Waals surface area contributed by atoms with Crippen molar-refractivity contribution in [2.75, 3.05) is 5.32 Å². The summed E-state index contributed by atoms with van der Waals surface area (Å²) in [5, 5.41) is 15.3. The number of hydrogen-bond donors (Lipinski definition) is 1. The molecule has 0 saturated carbocycles. The highest BCUT2D eigenvalue weighted by molar-refractivity contribution is 5.97. The van der Waals surface area contributed by atoms with E-state index < -0.39 is 10.8 Å². The molecule has 0 atom stereocenters. The van der Waals surface area contributed by atoms with Crippen molar-refractivity contribution in [1.29, 1.82) is 0 Å². The minimum absolute atomic E-state index is 0.0951. The molecule has 0 bridgehead atoms. The lowest BCUT2D eigenvalue weighted by Crippen LogP contribution is -2.21. The maximum atomic E-state index is 13.2. The molecule has 5 aromatic rings. The molecule has 0 aliphatic carbocycles. The number of fused-ring (bicyclic) bond motifs is 2. The largest absolute Gasteiger partial charge is 0.457 e. The molecular weight excluding hydrogens is 458 g/mol. The second kappa shape index (κ2) is 9.34. The third kappa shape index (κ3) is 4.52. The smallest absolute Gasteiger partial charge is 0.275 e. The fourth-order valence-electron chi connectivity index (χ4n) is 4.20. The number of nitro benzene ring substituents is 1. The summed E-state index contributed by atoms with van der Waals surface area (Å²) in [5.41, 5.74) is 2.11.